The van der Waals surface area contributed by atoms with Crippen LogP contribution in [0.4, 0.5) is 0 Å². The van der Waals surface area contributed by atoms with E-state index in [1.54, 1.807) is 0 Å². The van der Waals surface area contributed by atoms with Gasteiger partial charge in [-0.25, -0.2) is 9.55 Å². The summed E-state index contributed by atoms with van der Waals surface area (Å²) in [5.74, 6) is 1.59. The van der Waals surface area contributed by atoms with Gasteiger partial charge in [-0.2, -0.15) is 9.97 Å². The average molecular weight is 631 g/mol. The molecule has 0 aliphatic rings. The molecule has 4 heterocycles. The molecule has 0 bridgehead atoms. The first-order valence-electron chi connectivity index (χ1n) is 16.2. The molecule has 0 fully saturated rings. The van der Waals surface area contributed by atoms with Gasteiger partial charge in [0.05, 0.1) is 5.39 Å². The Labute approximate surface area is 280 Å². The van der Waals surface area contributed by atoms with Crippen LogP contribution in [0.1, 0.15) is 0 Å². The first-order valence-corrected chi connectivity index (χ1v) is 16.2. The lowest BCUT2D eigenvalue weighted by Crippen LogP contribution is -2.06. The van der Waals surface area contributed by atoms with Gasteiger partial charge in [-0.1, -0.05) is 133 Å². The summed E-state index contributed by atoms with van der Waals surface area (Å²) in [6.07, 6.45) is 0. The van der Waals surface area contributed by atoms with Crippen LogP contribution in [0.15, 0.2) is 167 Å². The second kappa shape index (κ2) is 10.9. The number of fused-ring (bicyclic) bond motifs is 7. The molecule has 0 saturated heterocycles. The molecule has 0 N–H and O–H groups in total. The third-order valence-corrected chi connectivity index (χ3v) is 9.09. The minimum atomic E-state index is 0.449. The molecule has 10 rings (SSSR count). The minimum absolute atomic E-state index is 0.449. The van der Waals surface area contributed by atoms with Crippen molar-refractivity contribution in [3.63, 3.8) is 0 Å². The lowest BCUT2D eigenvalue weighted by atomic mass is 10.0. The molecule has 6 aromatic carbocycles. The van der Waals surface area contributed by atoms with Crippen LogP contribution in [0.5, 0.6) is 0 Å². The minimum Gasteiger partial charge on any atom is -0.454 e. The van der Waals surface area contributed by atoms with E-state index in [0.29, 0.717) is 23.3 Å². The fraction of sp³-hybridized carbons (Fsp3) is 0. The molecule has 6 nitrogen and oxygen atoms in total. The van der Waals surface area contributed by atoms with E-state index in [4.69, 9.17) is 23.8 Å². The number of hydrogen-bond donors (Lipinski definition) is 0. The van der Waals surface area contributed by atoms with E-state index in [1.807, 2.05) is 102 Å². The Balaban J connectivity index is 1.29. The van der Waals surface area contributed by atoms with Crippen molar-refractivity contribution < 1.29 is 8.83 Å². The zero-order valence-electron chi connectivity index (χ0n) is 26.1. The summed E-state index contributed by atoms with van der Waals surface area (Å²) in [6, 6.07) is 53.4. The molecule has 230 valence electrons. The maximum atomic E-state index is 6.79. The molecule has 0 unspecified atom stereocenters. The van der Waals surface area contributed by atoms with Crippen molar-refractivity contribution in [2.45, 2.75) is 0 Å². The van der Waals surface area contributed by atoms with Crippen LogP contribution in [-0.2, 0) is 0 Å². The van der Waals surface area contributed by atoms with E-state index in [1.165, 1.54) is 0 Å². The predicted octanol–water partition coefficient (Wildman–Crippen LogP) is 11.1. The lowest BCUT2D eigenvalue weighted by Gasteiger charge is -2.09. The summed E-state index contributed by atoms with van der Waals surface area (Å²) in [7, 11) is 0. The van der Waals surface area contributed by atoms with Crippen LogP contribution in [-0.4, -0.2) is 19.5 Å². The third-order valence-electron chi connectivity index (χ3n) is 9.09. The van der Waals surface area contributed by atoms with Crippen molar-refractivity contribution in [1.29, 1.82) is 0 Å². The lowest BCUT2D eigenvalue weighted by molar-refractivity contribution is 0.641. The summed E-state index contributed by atoms with van der Waals surface area (Å²) in [5, 5.41) is 2.78. The van der Waals surface area contributed by atoms with E-state index < -0.39 is 0 Å². The van der Waals surface area contributed by atoms with Gasteiger partial charge in [0.2, 0.25) is 11.7 Å². The molecule has 6 heteroatoms. The Morgan fingerprint density at radius 2 is 0.878 bits per heavy atom. The molecule has 10 aromatic rings. The van der Waals surface area contributed by atoms with Crippen LogP contribution in [0.2, 0.25) is 0 Å². The van der Waals surface area contributed by atoms with Crippen molar-refractivity contribution in [2.24, 2.45) is 0 Å². The first-order chi connectivity index (χ1) is 24.3. The SMILES string of the molecule is c1ccc(-c2ccc3c(c2)oc2c3c3oc4cc(-c5ccccc5)ccc4c3n2-c2nc(-c3ccccc3)nc(-c3ccccc3)n2)cc1. The van der Waals surface area contributed by atoms with Gasteiger partial charge in [-0.3, -0.25) is 0 Å². The highest BCUT2D eigenvalue weighted by Gasteiger charge is 2.27. The van der Waals surface area contributed by atoms with Gasteiger partial charge in [0.15, 0.2) is 17.2 Å². The second-order valence-electron chi connectivity index (χ2n) is 12.1. The Morgan fingerprint density at radius 1 is 0.408 bits per heavy atom. The quantitative estimate of drug-likeness (QED) is 0.189. The molecule has 0 aliphatic heterocycles. The highest BCUT2D eigenvalue weighted by molar-refractivity contribution is 6.23. The molecule has 4 aromatic heterocycles. The van der Waals surface area contributed by atoms with Crippen molar-refractivity contribution >= 4 is 44.1 Å². The third kappa shape index (κ3) is 4.46. The summed E-state index contributed by atoms with van der Waals surface area (Å²) in [6.45, 7) is 0. The normalized spacial score (nSPS) is 11.7. The number of hydrogen-bond acceptors (Lipinski definition) is 5. The van der Waals surface area contributed by atoms with Crippen LogP contribution in [0.25, 0.3) is 95.1 Å². The van der Waals surface area contributed by atoms with Crippen LogP contribution < -0.4 is 0 Å². The second-order valence-corrected chi connectivity index (χ2v) is 12.1. The van der Waals surface area contributed by atoms with E-state index in [2.05, 4.69) is 60.7 Å². The predicted molar refractivity (Wildman–Crippen MR) is 195 cm³/mol. The van der Waals surface area contributed by atoms with Crippen LogP contribution >= 0.6 is 0 Å². The van der Waals surface area contributed by atoms with E-state index >= 15 is 0 Å². The molecule has 0 aliphatic carbocycles. The first kappa shape index (κ1) is 27.3. The largest absolute Gasteiger partial charge is 0.454 e. The molecule has 0 spiro atoms. The van der Waals surface area contributed by atoms with Gasteiger partial charge < -0.3 is 8.83 Å². The Morgan fingerprint density at radius 3 is 1.41 bits per heavy atom. The zero-order valence-corrected chi connectivity index (χ0v) is 26.1. The standard InChI is InChI=1S/C43H26N4O2/c1-5-13-27(14-6-1)31-21-23-33-35(25-31)49-42-37(33)39-38(34-24-22-32(26-36(34)48-39)28-15-7-2-8-16-28)47(42)43-45-40(29-17-9-3-10-18-29)44-41(46-43)30-19-11-4-12-20-30/h1-26H. The maximum absolute atomic E-state index is 6.79. The number of aromatic nitrogens is 4. The molecule has 49 heavy (non-hydrogen) atoms. The molecular weight excluding hydrogens is 604 g/mol. The summed E-state index contributed by atoms with van der Waals surface area (Å²) in [5.41, 5.74) is 9.90. The highest BCUT2D eigenvalue weighted by Crippen LogP contribution is 2.44. The van der Waals surface area contributed by atoms with Gasteiger partial charge in [0, 0.05) is 21.9 Å². The smallest absolute Gasteiger partial charge is 0.241 e. The van der Waals surface area contributed by atoms with E-state index in [0.717, 1.165) is 71.8 Å². The van der Waals surface area contributed by atoms with Crippen LogP contribution in [0, 0.1) is 0 Å². The molecular formula is C43H26N4O2. The number of benzene rings is 6. The van der Waals surface area contributed by atoms with Crippen molar-refractivity contribution in [2.75, 3.05) is 0 Å². The van der Waals surface area contributed by atoms with Gasteiger partial charge in [0.25, 0.3) is 0 Å². The zero-order chi connectivity index (χ0) is 32.3. The van der Waals surface area contributed by atoms with Gasteiger partial charge in [0.1, 0.15) is 16.7 Å². The number of nitrogens with zero attached hydrogens (tertiary/aromatic N) is 4. The maximum Gasteiger partial charge on any atom is 0.241 e. The Kier molecular flexibility index (Phi) is 6.08. The summed E-state index contributed by atoms with van der Waals surface area (Å²) < 4.78 is 15.6. The van der Waals surface area contributed by atoms with Crippen molar-refractivity contribution in [3.05, 3.63) is 158 Å². The topological polar surface area (TPSA) is 69.9 Å². The molecule has 0 amide bonds. The monoisotopic (exact) mass is 630 g/mol. The highest BCUT2D eigenvalue weighted by atomic mass is 16.4. The van der Waals surface area contributed by atoms with Gasteiger partial charge >= 0.3 is 0 Å². The number of rotatable bonds is 5. The van der Waals surface area contributed by atoms with Gasteiger partial charge in [-0.05, 0) is 46.5 Å². The van der Waals surface area contributed by atoms with Crippen LogP contribution in [0.3, 0.4) is 0 Å². The Bertz CT molecular complexity index is 2740. The van der Waals surface area contributed by atoms with Gasteiger partial charge in [-0.15, -0.1) is 0 Å². The van der Waals surface area contributed by atoms with E-state index in [9.17, 15) is 0 Å². The van der Waals surface area contributed by atoms with Crippen molar-refractivity contribution in [3.8, 4) is 51.0 Å². The fourth-order valence-electron chi connectivity index (χ4n) is 6.75. The molecule has 0 atom stereocenters. The number of furan rings is 2. The summed E-state index contributed by atoms with van der Waals surface area (Å²) >= 11 is 0. The Hall–Kier alpha value is -6.79. The molecule has 0 saturated carbocycles. The molecule has 0 radical (unpaired) electrons. The summed E-state index contributed by atoms with van der Waals surface area (Å²) in [4.78, 5) is 15.1. The fourth-order valence-corrected chi connectivity index (χ4v) is 6.75. The van der Waals surface area contributed by atoms with E-state index in [-0.39, 0.29) is 0 Å². The van der Waals surface area contributed by atoms with Crippen molar-refractivity contribution in [1.82, 2.24) is 19.5 Å². The average Bonchev–Trinajstić information content (AvgIpc) is 3.83.